The number of alkyl halides is 2. The van der Waals surface area contributed by atoms with E-state index in [1.165, 1.54) is 17.7 Å². The lowest BCUT2D eigenvalue weighted by Gasteiger charge is -2.13. The molecule has 2 aromatic carbocycles. The number of benzene rings is 2. The van der Waals surface area contributed by atoms with E-state index in [0.29, 0.717) is 18.7 Å². The minimum Gasteiger partial charge on any atom is -0.435 e. The highest BCUT2D eigenvalue weighted by Crippen LogP contribution is 2.19. The van der Waals surface area contributed by atoms with E-state index in [1.807, 2.05) is 31.2 Å². The van der Waals surface area contributed by atoms with Gasteiger partial charge in [0.15, 0.2) is 0 Å². The van der Waals surface area contributed by atoms with E-state index in [0.717, 1.165) is 5.56 Å². The van der Waals surface area contributed by atoms with Crippen molar-refractivity contribution in [1.82, 2.24) is 5.32 Å². The van der Waals surface area contributed by atoms with E-state index >= 15 is 0 Å². The van der Waals surface area contributed by atoms with Gasteiger partial charge in [0.25, 0.3) is 0 Å². The van der Waals surface area contributed by atoms with Gasteiger partial charge in [-0.3, -0.25) is 0 Å². The predicted molar refractivity (Wildman–Crippen MR) is 80.9 cm³/mol. The molecule has 1 atom stereocenters. The van der Waals surface area contributed by atoms with Crippen LogP contribution in [0.2, 0.25) is 0 Å². The Labute approximate surface area is 128 Å². The summed E-state index contributed by atoms with van der Waals surface area (Å²) in [5.41, 5.74) is 2.99. The van der Waals surface area contributed by atoms with Crippen molar-refractivity contribution in [2.45, 2.75) is 26.2 Å². The first-order valence-corrected chi connectivity index (χ1v) is 7.03. The second-order valence-electron chi connectivity index (χ2n) is 5.08. The molecule has 0 heterocycles. The molecule has 22 heavy (non-hydrogen) atoms. The van der Waals surface area contributed by atoms with Crippen molar-refractivity contribution in [2.75, 3.05) is 6.54 Å². The van der Waals surface area contributed by atoms with Crippen molar-refractivity contribution >= 4 is 0 Å². The molecule has 0 aliphatic rings. The van der Waals surface area contributed by atoms with Gasteiger partial charge >= 0.3 is 6.61 Å². The Kier molecular flexibility index (Phi) is 5.86. The molecule has 0 fully saturated rings. The van der Waals surface area contributed by atoms with Gasteiger partial charge in [-0.1, -0.05) is 42.0 Å². The third-order valence-electron chi connectivity index (χ3n) is 3.28. The fourth-order valence-corrected chi connectivity index (χ4v) is 2.05. The number of nitrogens with one attached hydrogen (secondary N) is 1. The summed E-state index contributed by atoms with van der Waals surface area (Å²) in [5, 5.41) is 13.2. The molecule has 2 aromatic rings. The van der Waals surface area contributed by atoms with Crippen LogP contribution < -0.4 is 10.1 Å². The average molecular weight is 307 g/mol. The van der Waals surface area contributed by atoms with Gasteiger partial charge in [-0.2, -0.15) is 8.78 Å². The summed E-state index contributed by atoms with van der Waals surface area (Å²) in [6.07, 6.45) is -0.703. The van der Waals surface area contributed by atoms with Gasteiger partial charge in [-0.15, -0.1) is 0 Å². The van der Waals surface area contributed by atoms with E-state index < -0.39 is 12.7 Å². The first-order valence-electron chi connectivity index (χ1n) is 7.03. The summed E-state index contributed by atoms with van der Waals surface area (Å²) < 4.78 is 28.4. The molecule has 0 spiro atoms. The van der Waals surface area contributed by atoms with Crippen LogP contribution in [-0.2, 0) is 6.54 Å². The maximum absolute atomic E-state index is 12.1. The van der Waals surface area contributed by atoms with Crippen molar-refractivity contribution in [3.63, 3.8) is 0 Å². The van der Waals surface area contributed by atoms with Gasteiger partial charge in [0.05, 0.1) is 6.10 Å². The standard InChI is InChI=1S/C17H19F2NO2/c1-12-2-4-13(5-3-12)10-20-11-16(21)14-6-8-15(9-7-14)22-17(18)19/h2-9,16-17,20-21H,10-11H2,1H3. The van der Waals surface area contributed by atoms with E-state index in [1.54, 1.807) is 12.1 Å². The van der Waals surface area contributed by atoms with Crippen LogP contribution in [0.5, 0.6) is 5.75 Å². The number of halogens is 2. The van der Waals surface area contributed by atoms with Crippen molar-refractivity contribution in [1.29, 1.82) is 0 Å². The first kappa shape index (κ1) is 16.4. The van der Waals surface area contributed by atoms with Crippen molar-refractivity contribution in [3.8, 4) is 5.75 Å². The Morgan fingerprint density at radius 2 is 1.68 bits per heavy atom. The third kappa shape index (κ3) is 5.09. The molecule has 0 saturated carbocycles. The summed E-state index contributed by atoms with van der Waals surface area (Å²) in [7, 11) is 0. The van der Waals surface area contributed by atoms with Gasteiger partial charge in [0.1, 0.15) is 5.75 Å². The number of hydrogen-bond donors (Lipinski definition) is 2. The normalized spacial score (nSPS) is 12.4. The second-order valence-corrected chi connectivity index (χ2v) is 5.08. The number of aliphatic hydroxyl groups is 1. The van der Waals surface area contributed by atoms with E-state index in [4.69, 9.17) is 0 Å². The Balaban J connectivity index is 1.81. The summed E-state index contributed by atoms with van der Waals surface area (Å²) in [5.74, 6) is 0.0820. The minimum absolute atomic E-state index is 0.0820. The molecule has 118 valence electrons. The molecule has 0 saturated heterocycles. The third-order valence-corrected chi connectivity index (χ3v) is 3.28. The van der Waals surface area contributed by atoms with Crippen LogP contribution in [0, 0.1) is 6.92 Å². The number of hydrogen-bond acceptors (Lipinski definition) is 3. The molecule has 2 N–H and O–H groups in total. The Hall–Kier alpha value is -1.98. The SMILES string of the molecule is Cc1ccc(CNCC(O)c2ccc(OC(F)F)cc2)cc1. The van der Waals surface area contributed by atoms with Gasteiger partial charge < -0.3 is 15.2 Å². The molecule has 0 aromatic heterocycles. The highest BCUT2D eigenvalue weighted by Gasteiger charge is 2.09. The smallest absolute Gasteiger partial charge is 0.387 e. The largest absolute Gasteiger partial charge is 0.435 e. The summed E-state index contributed by atoms with van der Waals surface area (Å²) >= 11 is 0. The highest BCUT2D eigenvalue weighted by molar-refractivity contribution is 5.28. The van der Waals surface area contributed by atoms with E-state index in [-0.39, 0.29) is 5.75 Å². The van der Waals surface area contributed by atoms with Crippen LogP contribution >= 0.6 is 0 Å². The van der Waals surface area contributed by atoms with Crippen LogP contribution in [0.25, 0.3) is 0 Å². The molecule has 0 aliphatic heterocycles. The van der Waals surface area contributed by atoms with Crippen molar-refractivity contribution in [2.24, 2.45) is 0 Å². The number of aliphatic hydroxyl groups excluding tert-OH is 1. The molecule has 3 nitrogen and oxygen atoms in total. The average Bonchev–Trinajstić information content (AvgIpc) is 2.49. The monoisotopic (exact) mass is 307 g/mol. The Morgan fingerprint density at radius 3 is 2.27 bits per heavy atom. The maximum atomic E-state index is 12.1. The topological polar surface area (TPSA) is 41.5 Å². The molecule has 1 unspecified atom stereocenters. The lowest BCUT2D eigenvalue weighted by Crippen LogP contribution is -2.21. The molecule has 2 rings (SSSR count). The fourth-order valence-electron chi connectivity index (χ4n) is 2.05. The van der Waals surface area contributed by atoms with Gasteiger partial charge in [0.2, 0.25) is 0 Å². The summed E-state index contributed by atoms with van der Waals surface area (Å²) in [6.45, 7) is 0.224. The fraction of sp³-hybridized carbons (Fsp3) is 0.294. The van der Waals surface area contributed by atoms with Crippen LogP contribution in [0.3, 0.4) is 0 Å². The summed E-state index contributed by atoms with van der Waals surface area (Å²) in [6, 6.07) is 14.1. The molecule has 0 bridgehead atoms. The molecular weight excluding hydrogens is 288 g/mol. The molecule has 0 amide bonds. The quantitative estimate of drug-likeness (QED) is 0.823. The zero-order valence-corrected chi connectivity index (χ0v) is 12.3. The zero-order valence-electron chi connectivity index (χ0n) is 12.3. The molecule has 5 heteroatoms. The van der Waals surface area contributed by atoms with Crippen LogP contribution in [0.1, 0.15) is 22.8 Å². The number of rotatable bonds is 7. The van der Waals surface area contributed by atoms with Gasteiger partial charge in [0, 0.05) is 13.1 Å². The van der Waals surface area contributed by atoms with Crippen LogP contribution in [0.15, 0.2) is 48.5 Å². The lowest BCUT2D eigenvalue weighted by atomic mass is 10.1. The molecular formula is C17H19F2NO2. The Morgan fingerprint density at radius 1 is 1.05 bits per heavy atom. The molecule has 0 aliphatic carbocycles. The van der Waals surface area contributed by atoms with Gasteiger partial charge in [-0.25, -0.2) is 0 Å². The maximum Gasteiger partial charge on any atom is 0.387 e. The van der Waals surface area contributed by atoms with E-state index in [9.17, 15) is 13.9 Å². The van der Waals surface area contributed by atoms with Gasteiger partial charge in [-0.05, 0) is 30.2 Å². The van der Waals surface area contributed by atoms with Crippen molar-refractivity contribution in [3.05, 3.63) is 65.2 Å². The minimum atomic E-state index is -2.84. The number of aryl methyl sites for hydroxylation is 1. The first-order chi connectivity index (χ1) is 10.5. The predicted octanol–water partition coefficient (Wildman–Crippen LogP) is 3.42. The Bertz CT molecular complexity index is 570. The second kappa shape index (κ2) is 7.87. The number of ether oxygens (including phenoxy) is 1. The highest BCUT2D eigenvalue weighted by atomic mass is 19.3. The summed E-state index contributed by atoms with van der Waals surface area (Å²) in [4.78, 5) is 0. The van der Waals surface area contributed by atoms with Crippen LogP contribution in [-0.4, -0.2) is 18.3 Å². The zero-order chi connectivity index (χ0) is 15.9. The lowest BCUT2D eigenvalue weighted by molar-refractivity contribution is -0.0498. The van der Waals surface area contributed by atoms with Crippen molar-refractivity contribution < 1.29 is 18.6 Å². The van der Waals surface area contributed by atoms with Crippen LogP contribution in [0.4, 0.5) is 8.78 Å². The van der Waals surface area contributed by atoms with E-state index in [2.05, 4.69) is 10.1 Å². The molecule has 0 radical (unpaired) electrons.